The van der Waals surface area contributed by atoms with E-state index in [0.717, 1.165) is 5.56 Å². The van der Waals surface area contributed by atoms with Crippen molar-refractivity contribution in [2.45, 2.75) is 25.4 Å². The number of hydrogen-bond donors (Lipinski definition) is 2. The fraction of sp³-hybridized carbons (Fsp3) is 0.364. The maximum absolute atomic E-state index is 10.8. The molecule has 80 valence electrons. The lowest BCUT2D eigenvalue weighted by Crippen LogP contribution is -2.15. The van der Waals surface area contributed by atoms with E-state index >= 15 is 0 Å². The Bertz CT molecular complexity index is 388. The lowest BCUT2D eigenvalue weighted by Gasteiger charge is -2.05. The maximum Gasteiger partial charge on any atom is 0.337 e. The van der Waals surface area contributed by atoms with E-state index < -0.39 is 5.97 Å². The Hall–Kier alpha value is -1.06. The minimum atomic E-state index is -0.978. The number of rotatable bonds is 4. The van der Waals surface area contributed by atoms with Crippen LogP contribution in [0.1, 0.15) is 28.8 Å². The fourth-order valence-corrected chi connectivity index (χ4v) is 1.59. The number of aromatic carboxylic acids is 1. The molecule has 1 aromatic rings. The number of carboxylic acids is 1. The van der Waals surface area contributed by atoms with Gasteiger partial charge in [-0.3, -0.25) is 0 Å². The summed E-state index contributed by atoms with van der Waals surface area (Å²) in [7, 11) is 0. The molecule has 0 unspecified atom stereocenters. The van der Waals surface area contributed by atoms with Gasteiger partial charge in [0.15, 0.2) is 0 Å². The summed E-state index contributed by atoms with van der Waals surface area (Å²) in [6.07, 6.45) is 2.44. The van der Waals surface area contributed by atoms with Crippen LogP contribution in [0.15, 0.2) is 18.2 Å². The molecule has 15 heavy (non-hydrogen) atoms. The lowest BCUT2D eigenvalue weighted by molar-refractivity contribution is 0.0697. The first-order valence-corrected chi connectivity index (χ1v) is 5.29. The van der Waals surface area contributed by atoms with Crippen molar-refractivity contribution in [3.8, 4) is 0 Å². The first-order valence-electron chi connectivity index (χ1n) is 4.92. The molecule has 3 nitrogen and oxygen atoms in total. The van der Waals surface area contributed by atoms with E-state index in [0.29, 0.717) is 12.6 Å². The number of halogens is 1. The standard InChI is InChI=1S/C11H12ClNO2/c12-10-4-1-7(5-9(10)11(14)15)6-13-8-2-3-8/h1,4-5,8,13H,2-3,6H2,(H,14,15). The van der Waals surface area contributed by atoms with Gasteiger partial charge in [0.2, 0.25) is 0 Å². The second kappa shape index (κ2) is 4.21. The van der Waals surface area contributed by atoms with Crippen LogP contribution in [0.3, 0.4) is 0 Å². The second-order valence-corrected chi connectivity index (χ2v) is 4.18. The maximum atomic E-state index is 10.8. The topological polar surface area (TPSA) is 49.3 Å². The van der Waals surface area contributed by atoms with Crippen LogP contribution in [-0.2, 0) is 6.54 Å². The molecule has 1 fully saturated rings. The van der Waals surface area contributed by atoms with E-state index in [1.807, 2.05) is 6.07 Å². The molecule has 0 aliphatic heterocycles. The van der Waals surface area contributed by atoms with Gasteiger partial charge in [-0.05, 0) is 30.5 Å². The van der Waals surface area contributed by atoms with E-state index in [4.69, 9.17) is 16.7 Å². The Kier molecular flexibility index (Phi) is 2.93. The van der Waals surface area contributed by atoms with Crippen LogP contribution in [-0.4, -0.2) is 17.1 Å². The molecule has 0 aromatic heterocycles. The van der Waals surface area contributed by atoms with E-state index in [1.54, 1.807) is 12.1 Å². The minimum absolute atomic E-state index is 0.173. The highest BCUT2D eigenvalue weighted by molar-refractivity contribution is 6.33. The second-order valence-electron chi connectivity index (χ2n) is 3.77. The molecule has 2 rings (SSSR count). The summed E-state index contributed by atoms with van der Waals surface area (Å²) >= 11 is 5.77. The SMILES string of the molecule is O=C(O)c1cc(CNC2CC2)ccc1Cl. The quantitative estimate of drug-likeness (QED) is 0.827. The van der Waals surface area contributed by atoms with Gasteiger partial charge in [0, 0.05) is 12.6 Å². The van der Waals surface area contributed by atoms with Gasteiger partial charge >= 0.3 is 5.97 Å². The average Bonchev–Trinajstić information content (AvgIpc) is 3.00. The Balaban J connectivity index is 2.10. The number of nitrogens with one attached hydrogen (secondary N) is 1. The summed E-state index contributed by atoms with van der Waals surface area (Å²) < 4.78 is 0. The Morgan fingerprint density at radius 1 is 1.53 bits per heavy atom. The number of carbonyl (C=O) groups is 1. The summed E-state index contributed by atoms with van der Waals surface area (Å²) in [5.41, 5.74) is 1.13. The average molecular weight is 226 g/mol. The molecule has 0 atom stereocenters. The van der Waals surface area contributed by atoms with Crippen molar-refractivity contribution in [2.24, 2.45) is 0 Å². The van der Waals surface area contributed by atoms with E-state index in [1.165, 1.54) is 12.8 Å². The molecule has 1 aromatic carbocycles. The molecular formula is C11H12ClNO2. The molecule has 0 bridgehead atoms. The summed E-state index contributed by atoms with van der Waals surface area (Å²) in [6.45, 7) is 0.710. The summed E-state index contributed by atoms with van der Waals surface area (Å²) in [5, 5.41) is 12.5. The number of benzene rings is 1. The summed E-state index contributed by atoms with van der Waals surface area (Å²) in [4.78, 5) is 10.8. The number of carboxylic acid groups (broad SMARTS) is 1. The first kappa shape index (κ1) is 10.5. The van der Waals surface area contributed by atoms with Gasteiger partial charge in [0.1, 0.15) is 0 Å². The third-order valence-electron chi connectivity index (χ3n) is 2.43. The molecule has 4 heteroatoms. The van der Waals surface area contributed by atoms with Gasteiger partial charge in [-0.2, -0.15) is 0 Å². The molecule has 0 saturated heterocycles. The molecule has 0 amide bonds. The predicted molar refractivity (Wildman–Crippen MR) is 58.3 cm³/mol. The summed E-state index contributed by atoms with van der Waals surface area (Å²) in [5.74, 6) is -0.978. The van der Waals surface area contributed by atoms with Crippen molar-refractivity contribution in [2.75, 3.05) is 0 Å². The molecule has 1 saturated carbocycles. The Morgan fingerprint density at radius 2 is 2.27 bits per heavy atom. The molecule has 2 N–H and O–H groups in total. The van der Waals surface area contributed by atoms with Crippen LogP contribution in [0.5, 0.6) is 0 Å². The van der Waals surface area contributed by atoms with E-state index in [9.17, 15) is 4.79 Å². The fourth-order valence-electron chi connectivity index (χ4n) is 1.40. The highest BCUT2D eigenvalue weighted by Gasteiger charge is 2.20. The third-order valence-corrected chi connectivity index (χ3v) is 2.76. The normalized spacial score (nSPS) is 15.3. The van der Waals surface area contributed by atoms with Crippen LogP contribution in [0.2, 0.25) is 5.02 Å². The highest BCUT2D eigenvalue weighted by Crippen LogP contribution is 2.21. The minimum Gasteiger partial charge on any atom is -0.478 e. The smallest absolute Gasteiger partial charge is 0.337 e. The molecule has 0 spiro atoms. The van der Waals surface area contributed by atoms with Crippen LogP contribution < -0.4 is 5.32 Å². The molecule has 1 aliphatic carbocycles. The Labute approximate surface area is 93.1 Å². The van der Waals surface area contributed by atoms with E-state index in [2.05, 4.69) is 5.32 Å². The van der Waals surface area contributed by atoms with Crippen molar-refractivity contribution in [3.05, 3.63) is 34.3 Å². The van der Waals surface area contributed by atoms with Gasteiger partial charge in [-0.1, -0.05) is 17.7 Å². The third kappa shape index (κ3) is 2.70. The zero-order chi connectivity index (χ0) is 10.8. The van der Waals surface area contributed by atoms with E-state index in [-0.39, 0.29) is 10.6 Å². The molecule has 0 heterocycles. The van der Waals surface area contributed by atoms with Crippen LogP contribution in [0, 0.1) is 0 Å². The van der Waals surface area contributed by atoms with Crippen LogP contribution in [0.4, 0.5) is 0 Å². The van der Waals surface area contributed by atoms with Gasteiger partial charge in [-0.15, -0.1) is 0 Å². The van der Waals surface area contributed by atoms with Crippen molar-refractivity contribution in [3.63, 3.8) is 0 Å². The van der Waals surface area contributed by atoms with Gasteiger partial charge in [-0.25, -0.2) is 4.79 Å². The molecule has 1 aliphatic rings. The van der Waals surface area contributed by atoms with Gasteiger partial charge in [0.25, 0.3) is 0 Å². The van der Waals surface area contributed by atoms with Gasteiger partial charge in [0.05, 0.1) is 10.6 Å². The van der Waals surface area contributed by atoms with Crippen LogP contribution in [0.25, 0.3) is 0 Å². The zero-order valence-electron chi connectivity index (χ0n) is 8.16. The van der Waals surface area contributed by atoms with Crippen molar-refractivity contribution >= 4 is 17.6 Å². The highest BCUT2D eigenvalue weighted by atomic mass is 35.5. The first-order chi connectivity index (χ1) is 7.16. The Morgan fingerprint density at radius 3 is 2.87 bits per heavy atom. The van der Waals surface area contributed by atoms with Crippen molar-refractivity contribution in [1.82, 2.24) is 5.32 Å². The summed E-state index contributed by atoms with van der Waals surface area (Å²) in [6, 6.07) is 5.73. The largest absolute Gasteiger partial charge is 0.478 e. The number of hydrogen-bond acceptors (Lipinski definition) is 2. The molecular weight excluding hydrogens is 214 g/mol. The van der Waals surface area contributed by atoms with Gasteiger partial charge < -0.3 is 10.4 Å². The zero-order valence-corrected chi connectivity index (χ0v) is 8.92. The molecule has 0 radical (unpaired) electrons. The van der Waals surface area contributed by atoms with Crippen LogP contribution >= 0.6 is 11.6 Å². The predicted octanol–water partition coefficient (Wildman–Crippen LogP) is 2.29. The lowest BCUT2D eigenvalue weighted by atomic mass is 10.1. The van der Waals surface area contributed by atoms with Crippen molar-refractivity contribution in [1.29, 1.82) is 0 Å². The monoisotopic (exact) mass is 225 g/mol. The van der Waals surface area contributed by atoms with Crippen molar-refractivity contribution < 1.29 is 9.90 Å².